The molecule has 0 radical (unpaired) electrons. The predicted octanol–water partition coefficient (Wildman–Crippen LogP) is 5.50. The van der Waals surface area contributed by atoms with E-state index < -0.39 is 0 Å². The Hall–Kier alpha value is -2.41. The van der Waals surface area contributed by atoms with E-state index in [1.807, 2.05) is 31.2 Å². The molecule has 148 valence electrons. The van der Waals surface area contributed by atoms with Crippen molar-refractivity contribution < 1.29 is 4.79 Å². The molecule has 2 heterocycles. The molecule has 0 aliphatic heterocycles. The monoisotopic (exact) mass is 445 g/mol. The molecule has 0 saturated carbocycles. The number of H-pyrrole nitrogens is 1. The van der Waals surface area contributed by atoms with Crippen LogP contribution in [0.2, 0.25) is 10.0 Å². The number of thiophene rings is 1. The summed E-state index contributed by atoms with van der Waals surface area (Å²) in [5.41, 5.74) is 0.241. The Bertz CT molecular complexity index is 1280. The lowest BCUT2D eigenvalue weighted by molar-refractivity contribution is 0.0744. The molecule has 2 aromatic heterocycles. The van der Waals surface area contributed by atoms with Crippen LogP contribution in [0, 0.1) is 0 Å². The fourth-order valence-electron chi connectivity index (χ4n) is 3.23. The van der Waals surface area contributed by atoms with E-state index in [0.717, 1.165) is 16.5 Å². The highest BCUT2D eigenvalue weighted by Gasteiger charge is 2.23. The Kier molecular flexibility index (Phi) is 5.58. The second kappa shape index (κ2) is 8.14. The van der Waals surface area contributed by atoms with Crippen LogP contribution < -0.4 is 5.56 Å². The number of carbonyl (C=O) groups excluding carboxylic acids is 1. The zero-order valence-electron chi connectivity index (χ0n) is 15.5. The standard InChI is InChI=1S/C21H17Cl2N3O2S/c1-2-9-26(21(28)19-18(23)14-5-3-4-6-16(14)29-19)11-17-24-15-10-12(22)7-8-13(15)20(27)25-17/h3-8,10H,2,9,11H2,1H3,(H,24,25,27). The van der Waals surface area contributed by atoms with E-state index in [1.54, 1.807) is 23.1 Å². The summed E-state index contributed by atoms with van der Waals surface area (Å²) >= 11 is 13.9. The van der Waals surface area contributed by atoms with Crippen LogP contribution in [0.25, 0.3) is 21.0 Å². The highest BCUT2D eigenvalue weighted by atomic mass is 35.5. The van der Waals surface area contributed by atoms with Gasteiger partial charge in [-0.05, 0) is 30.7 Å². The lowest BCUT2D eigenvalue weighted by Crippen LogP contribution is -2.32. The number of hydrogen-bond donors (Lipinski definition) is 1. The molecule has 2 aromatic carbocycles. The van der Waals surface area contributed by atoms with Crippen LogP contribution in [0.5, 0.6) is 0 Å². The van der Waals surface area contributed by atoms with Gasteiger partial charge in [-0.3, -0.25) is 9.59 Å². The molecule has 0 aliphatic rings. The van der Waals surface area contributed by atoms with E-state index in [9.17, 15) is 9.59 Å². The minimum Gasteiger partial charge on any atom is -0.330 e. The molecule has 1 N–H and O–H groups in total. The Morgan fingerprint density at radius 1 is 1.17 bits per heavy atom. The van der Waals surface area contributed by atoms with Crippen LogP contribution in [-0.2, 0) is 6.54 Å². The van der Waals surface area contributed by atoms with Crippen LogP contribution in [0.15, 0.2) is 47.3 Å². The molecule has 4 rings (SSSR count). The first-order chi connectivity index (χ1) is 14.0. The molecule has 0 unspecified atom stereocenters. The van der Waals surface area contributed by atoms with Crippen molar-refractivity contribution in [1.29, 1.82) is 0 Å². The number of hydrogen-bond acceptors (Lipinski definition) is 4. The Morgan fingerprint density at radius 2 is 1.97 bits per heavy atom. The number of aromatic nitrogens is 2. The average molecular weight is 446 g/mol. The summed E-state index contributed by atoms with van der Waals surface area (Å²) in [5, 5.41) is 2.29. The average Bonchev–Trinajstić information content (AvgIpc) is 3.03. The van der Waals surface area contributed by atoms with Crippen molar-refractivity contribution in [1.82, 2.24) is 14.9 Å². The summed E-state index contributed by atoms with van der Waals surface area (Å²) in [6, 6.07) is 12.6. The third kappa shape index (κ3) is 3.88. The largest absolute Gasteiger partial charge is 0.330 e. The van der Waals surface area contributed by atoms with Gasteiger partial charge in [0.2, 0.25) is 0 Å². The molecular formula is C21H17Cl2N3O2S. The van der Waals surface area contributed by atoms with Crippen LogP contribution in [0.4, 0.5) is 0 Å². The first-order valence-electron chi connectivity index (χ1n) is 9.12. The third-order valence-corrected chi connectivity index (χ3v) is 6.47. The van der Waals surface area contributed by atoms with Gasteiger partial charge in [-0.25, -0.2) is 4.98 Å². The zero-order chi connectivity index (χ0) is 20.5. The number of nitrogens with one attached hydrogen (secondary N) is 1. The number of benzene rings is 2. The number of rotatable bonds is 5. The van der Waals surface area contributed by atoms with Crippen LogP contribution in [-0.4, -0.2) is 27.3 Å². The van der Waals surface area contributed by atoms with Crippen molar-refractivity contribution >= 4 is 61.4 Å². The van der Waals surface area contributed by atoms with Crippen molar-refractivity contribution in [3.8, 4) is 0 Å². The lowest BCUT2D eigenvalue weighted by atomic mass is 10.2. The third-order valence-electron chi connectivity index (χ3n) is 4.57. The van der Waals surface area contributed by atoms with Gasteiger partial charge in [0.05, 0.1) is 22.5 Å². The molecule has 0 aliphatic carbocycles. The van der Waals surface area contributed by atoms with Gasteiger partial charge in [0.25, 0.3) is 11.5 Å². The number of carbonyl (C=O) groups is 1. The molecule has 0 spiro atoms. The number of amides is 1. The van der Waals surface area contributed by atoms with Crippen LogP contribution >= 0.6 is 34.5 Å². The molecule has 29 heavy (non-hydrogen) atoms. The summed E-state index contributed by atoms with van der Waals surface area (Å²) in [6.07, 6.45) is 0.762. The summed E-state index contributed by atoms with van der Waals surface area (Å²) in [6.45, 7) is 2.68. The number of fused-ring (bicyclic) bond motifs is 2. The highest BCUT2D eigenvalue weighted by molar-refractivity contribution is 7.21. The van der Waals surface area contributed by atoms with Gasteiger partial charge in [-0.15, -0.1) is 11.3 Å². The summed E-state index contributed by atoms with van der Waals surface area (Å²) in [5.74, 6) is 0.232. The van der Waals surface area contributed by atoms with Crippen LogP contribution in [0.1, 0.15) is 28.8 Å². The Morgan fingerprint density at radius 3 is 2.72 bits per heavy atom. The van der Waals surface area contributed by atoms with E-state index in [2.05, 4.69) is 9.97 Å². The van der Waals surface area contributed by atoms with Gasteiger partial charge in [0.1, 0.15) is 10.7 Å². The maximum Gasteiger partial charge on any atom is 0.265 e. The summed E-state index contributed by atoms with van der Waals surface area (Å²) < 4.78 is 0.962. The predicted molar refractivity (Wildman–Crippen MR) is 119 cm³/mol. The highest BCUT2D eigenvalue weighted by Crippen LogP contribution is 2.36. The number of nitrogens with zero attached hydrogens (tertiary/aromatic N) is 2. The fraction of sp³-hybridized carbons (Fsp3) is 0.190. The number of aromatic amines is 1. The zero-order valence-corrected chi connectivity index (χ0v) is 17.9. The Labute approximate surface area is 180 Å². The minimum absolute atomic E-state index is 0.174. The second-order valence-electron chi connectivity index (χ2n) is 6.64. The second-order valence-corrected chi connectivity index (χ2v) is 8.51. The van der Waals surface area contributed by atoms with Gasteiger partial charge in [-0.2, -0.15) is 0 Å². The Balaban J connectivity index is 1.70. The van der Waals surface area contributed by atoms with Crippen molar-refractivity contribution in [3.05, 3.63) is 73.6 Å². The summed E-state index contributed by atoms with van der Waals surface area (Å²) in [4.78, 5) is 35.1. The van der Waals surface area contributed by atoms with E-state index in [0.29, 0.717) is 38.2 Å². The molecule has 0 bridgehead atoms. The molecule has 8 heteroatoms. The van der Waals surface area contributed by atoms with Gasteiger partial charge < -0.3 is 9.88 Å². The quantitative estimate of drug-likeness (QED) is 0.441. The smallest absolute Gasteiger partial charge is 0.265 e. The first kappa shape index (κ1) is 19.9. The summed E-state index contributed by atoms with van der Waals surface area (Å²) in [7, 11) is 0. The first-order valence-corrected chi connectivity index (χ1v) is 10.7. The maximum absolute atomic E-state index is 13.2. The molecular weight excluding hydrogens is 429 g/mol. The normalized spacial score (nSPS) is 11.3. The van der Waals surface area contributed by atoms with E-state index in [-0.39, 0.29) is 18.0 Å². The molecule has 4 aromatic rings. The van der Waals surface area contributed by atoms with E-state index >= 15 is 0 Å². The van der Waals surface area contributed by atoms with E-state index in [4.69, 9.17) is 23.2 Å². The van der Waals surface area contributed by atoms with Crippen molar-refractivity contribution in [3.63, 3.8) is 0 Å². The van der Waals surface area contributed by atoms with E-state index in [1.165, 1.54) is 11.3 Å². The minimum atomic E-state index is -0.259. The van der Waals surface area contributed by atoms with Crippen molar-refractivity contribution in [2.24, 2.45) is 0 Å². The molecule has 0 saturated heterocycles. The molecule has 0 fully saturated rings. The maximum atomic E-state index is 13.2. The lowest BCUT2D eigenvalue weighted by Gasteiger charge is -2.21. The molecule has 0 atom stereocenters. The van der Waals surface area contributed by atoms with Gasteiger partial charge in [0.15, 0.2) is 0 Å². The topological polar surface area (TPSA) is 66.1 Å². The SMILES string of the molecule is CCCN(Cc1nc2cc(Cl)ccc2c(=O)[nH]1)C(=O)c1sc2ccccc2c1Cl. The molecule has 5 nitrogen and oxygen atoms in total. The van der Waals surface area contributed by atoms with Gasteiger partial charge >= 0.3 is 0 Å². The van der Waals surface area contributed by atoms with Crippen LogP contribution in [0.3, 0.4) is 0 Å². The number of halogens is 2. The molecule has 1 amide bonds. The van der Waals surface area contributed by atoms with Gasteiger partial charge in [0, 0.05) is 21.7 Å². The fourth-order valence-corrected chi connectivity index (χ4v) is 4.88. The van der Waals surface area contributed by atoms with Gasteiger partial charge in [-0.1, -0.05) is 48.3 Å². The van der Waals surface area contributed by atoms with Crippen molar-refractivity contribution in [2.45, 2.75) is 19.9 Å². The van der Waals surface area contributed by atoms with Crippen molar-refractivity contribution in [2.75, 3.05) is 6.54 Å².